The number of anilines is 2. The second-order valence-electron chi connectivity index (χ2n) is 9.86. The predicted molar refractivity (Wildman–Crippen MR) is 156 cm³/mol. The Hall–Kier alpha value is -2.59. The molecule has 4 aromatic heterocycles. The normalized spacial score (nSPS) is 27.4. The van der Waals surface area contributed by atoms with Gasteiger partial charge in [-0.1, -0.05) is 5.21 Å². The fourth-order valence-electron chi connectivity index (χ4n) is 4.97. The van der Waals surface area contributed by atoms with Gasteiger partial charge >= 0.3 is 13.4 Å². The van der Waals surface area contributed by atoms with E-state index in [-0.39, 0.29) is 49.0 Å². The third-order valence-corrected chi connectivity index (χ3v) is 9.19. The van der Waals surface area contributed by atoms with E-state index in [9.17, 15) is 19.5 Å². The number of aromatic amines is 1. The standard InChI is InChI=1S/C20H25FN10O9P2S2/c21-11-3-8(38-18(11)30-2-1-10-14(22)24-7-25-15(10)30)6-37-42(35,44)40-12-4-9(5-36-41(33,34)43)39-19(12)31-16-13(28-29-31)17(32)27-20(23)26-16/h1-2,7-9,11-12,18-19H,3-6H2,(H,35,44)(H2,22,24,25)(H2,33,34,43)(H3,23,26,27,32)/t8-,9-,11-,12?,18-,19+,42?/m0/s1. The van der Waals surface area contributed by atoms with Gasteiger partial charge in [-0.2, -0.15) is 9.67 Å². The molecule has 6 rings (SSSR count). The molecule has 44 heavy (non-hydrogen) atoms. The third-order valence-electron chi connectivity index (χ3n) is 6.80. The maximum atomic E-state index is 15.1. The molecule has 24 heteroatoms. The lowest BCUT2D eigenvalue weighted by atomic mass is 10.2. The summed E-state index contributed by atoms with van der Waals surface area (Å²) in [7, 11) is 0. The van der Waals surface area contributed by atoms with Gasteiger partial charge in [0.2, 0.25) is 5.95 Å². The van der Waals surface area contributed by atoms with Gasteiger partial charge in [-0.3, -0.25) is 9.78 Å². The summed E-state index contributed by atoms with van der Waals surface area (Å²) in [5, 5.41) is 8.27. The molecule has 0 amide bonds. The summed E-state index contributed by atoms with van der Waals surface area (Å²) in [4.78, 5) is 56.6. The molecule has 0 aromatic carbocycles. The van der Waals surface area contributed by atoms with Crippen LogP contribution in [0.2, 0.25) is 0 Å². The highest BCUT2D eigenvalue weighted by Crippen LogP contribution is 2.50. The molecule has 238 valence electrons. The first-order valence-corrected chi connectivity index (χ1v) is 18.0. The number of nitrogens with one attached hydrogen (secondary N) is 1. The predicted octanol–water partition coefficient (Wildman–Crippen LogP) is -0.119. The van der Waals surface area contributed by atoms with Crippen LogP contribution in [-0.2, 0) is 46.7 Å². The fraction of sp³-hybridized carbons (Fsp3) is 0.500. The van der Waals surface area contributed by atoms with E-state index in [0.717, 1.165) is 4.68 Å². The maximum Gasteiger partial charge on any atom is 0.325 e. The first-order chi connectivity index (χ1) is 20.8. The topological polar surface area (TPSA) is 266 Å². The minimum absolute atomic E-state index is 0.0252. The summed E-state index contributed by atoms with van der Waals surface area (Å²) in [6.07, 6.45) is -3.69. The van der Waals surface area contributed by atoms with Crippen molar-refractivity contribution in [3.05, 3.63) is 28.9 Å². The van der Waals surface area contributed by atoms with E-state index in [4.69, 9.17) is 46.3 Å². The van der Waals surface area contributed by atoms with Crippen LogP contribution < -0.4 is 17.0 Å². The number of fused-ring (bicyclic) bond motifs is 2. The highest BCUT2D eigenvalue weighted by Gasteiger charge is 2.44. The summed E-state index contributed by atoms with van der Waals surface area (Å²) in [5.41, 5.74) is 11.1. The van der Waals surface area contributed by atoms with Gasteiger partial charge in [0.05, 0.1) is 30.8 Å². The Morgan fingerprint density at radius 3 is 2.59 bits per heavy atom. The summed E-state index contributed by atoms with van der Waals surface area (Å²) >= 11 is 9.73. The molecular formula is C20H25FN10O9P2S2. The van der Waals surface area contributed by atoms with E-state index in [2.05, 4.69) is 42.1 Å². The van der Waals surface area contributed by atoms with Crippen molar-refractivity contribution in [3.8, 4) is 0 Å². The minimum atomic E-state index is -4.06. The average molecular weight is 695 g/mol. The first kappa shape index (κ1) is 31.4. The second-order valence-corrected chi connectivity index (χ2v) is 15.3. The molecule has 2 fully saturated rings. The van der Waals surface area contributed by atoms with Gasteiger partial charge in [0.1, 0.15) is 30.1 Å². The zero-order chi connectivity index (χ0) is 31.4. The largest absolute Gasteiger partial charge is 0.383 e. The van der Waals surface area contributed by atoms with Crippen LogP contribution in [0.15, 0.2) is 23.4 Å². The van der Waals surface area contributed by atoms with Gasteiger partial charge in [-0.25, -0.2) is 14.4 Å². The molecule has 2 unspecified atom stereocenters. The maximum absolute atomic E-state index is 15.1. The molecule has 8 N–H and O–H groups in total. The fourth-order valence-corrected chi connectivity index (χ4v) is 6.97. The van der Waals surface area contributed by atoms with Crippen molar-refractivity contribution in [2.24, 2.45) is 0 Å². The van der Waals surface area contributed by atoms with E-state index in [1.807, 2.05) is 0 Å². The Bertz CT molecular complexity index is 1860. The van der Waals surface area contributed by atoms with Crippen LogP contribution in [0.1, 0.15) is 25.3 Å². The van der Waals surface area contributed by atoms with E-state index in [1.165, 1.54) is 10.9 Å². The van der Waals surface area contributed by atoms with Gasteiger partial charge in [-0.15, -0.1) is 5.10 Å². The van der Waals surface area contributed by atoms with Crippen molar-refractivity contribution in [1.29, 1.82) is 0 Å². The number of hydrogen-bond donors (Lipinski definition) is 6. The molecule has 19 nitrogen and oxygen atoms in total. The molecule has 0 spiro atoms. The smallest absolute Gasteiger partial charge is 0.325 e. The number of H-pyrrole nitrogens is 1. The minimum Gasteiger partial charge on any atom is -0.383 e. The number of aromatic nitrogens is 8. The van der Waals surface area contributed by atoms with Crippen LogP contribution in [0, 0.1) is 0 Å². The van der Waals surface area contributed by atoms with Gasteiger partial charge in [0, 0.05) is 19.0 Å². The molecular weight excluding hydrogens is 669 g/mol. The SMILES string of the molecule is Nc1nc2c(nnn2[C@@H]2O[C@H](COP(O)(O)=S)CC2OP(O)(=S)OC[C@@H]2C[C@H](F)[C@@H](n3ccc4c(N)ncnc43)O2)c(=O)[nH]1. The molecule has 0 radical (unpaired) electrons. The number of nitrogen functional groups attached to an aromatic ring is 2. The zero-order valence-electron chi connectivity index (χ0n) is 22.2. The van der Waals surface area contributed by atoms with Crippen molar-refractivity contribution in [2.45, 2.75) is 49.8 Å². The van der Waals surface area contributed by atoms with E-state index < -0.39 is 55.9 Å². The molecule has 0 saturated carbocycles. The number of hydrogen-bond acceptors (Lipinski definition) is 15. The number of nitrogens with two attached hydrogens (primary N) is 2. The van der Waals surface area contributed by atoms with Gasteiger partial charge in [0.25, 0.3) is 5.56 Å². The summed E-state index contributed by atoms with van der Waals surface area (Å²) < 4.78 is 45.7. The number of halogens is 1. The zero-order valence-corrected chi connectivity index (χ0v) is 25.6. The lowest BCUT2D eigenvalue weighted by molar-refractivity contribution is -0.0551. The number of nitrogens with zero attached hydrogens (tertiary/aromatic N) is 7. The number of ether oxygens (including phenoxy) is 2. The van der Waals surface area contributed by atoms with Crippen LogP contribution in [0.3, 0.4) is 0 Å². The van der Waals surface area contributed by atoms with E-state index in [1.54, 1.807) is 12.3 Å². The van der Waals surface area contributed by atoms with Crippen molar-refractivity contribution < 1.29 is 42.1 Å². The summed E-state index contributed by atoms with van der Waals surface area (Å²) in [6, 6.07) is 1.65. The van der Waals surface area contributed by atoms with Gasteiger partial charge < -0.3 is 53.8 Å². The van der Waals surface area contributed by atoms with Crippen LogP contribution >= 0.6 is 13.4 Å². The molecule has 2 aliphatic rings. The average Bonchev–Trinajstić information content (AvgIpc) is 3.71. The lowest BCUT2D eigenvalue weighted by Crippen LogP contribution is -2.25. The molecule has 0 bridgehead atoms. The summed E-state index contributed by atoms with van der Waals surface area (Å²) in [5.74, 6) is 0.0223. The quantitative estimate of drug-likeness (QED) is 0.118. The molecule has 2 aliphatic heterocycles. The van der Waals surface area contributed by atoms with Crippen molar-refractivity contribution in [2.75, 3.05) is 24.7 Å². The molecule has 6 heterocycles. The van der Waals surface area contributed by atoms with Crippen molar-refractivity contribution in [3.63, 3.8) is 0 Å². The second kappa shape index (κ2) is 12.0. The third kappa shape index (κ3) is 6.52. The highest BCUT2D eigenvalue weighted by atomic mass is 32.5. The van der Waals surface area contributed by atoms with Crippen molar-refractivity contribution >= 4 is 71.0 Å². The number of rotatable bonds is 10. The molecule has 4 aromatic rings. The van der Waals surface area contributed by atoms with Crippen LogP contribution in [0.5, 0.6) is 0 Å². The number of alkyl halides is 1. The molecule has 2 saturated heterocycles. The molecule has 0 aliphatic carbocycles. The molecule has 7 atom stereocenters. The Morgan fingerprint density at radius 1 is 1.09 bits per heavy atom. The highest BCUT2D eigenvalue weighted by molar-refractivity contribution is 8.07. The van der Waals surface area contributed by atoms with Gasteiger partial charge in [-0.05, 0) is 29.7 Å². The lowest BCUT2D eigenvalue weighted by Gasteiger charge is -2.24. The Kier molecular flexibility index (Phi) is 8.54. The monoisotopic (exact) mass is 694 g/mol. The van der Waals surface area contributed by atoms with Crippen molar-refractivity contribution in [1.82, 2.24) is 39.5 Å². The Balaban J connectivity index is 1.16. The Labute approximate surface area is 255 Å². The van der Waals surface area contributed by atoms with Crippen LogP contribution in [0.4, 0.5) is 16.2 Å². The van der Waals surface area contributed by atoms with E-state index >= 15 is 4.39 Å². The van der Waals surface area contributed by atoms with Crippen LogP contribution in [0.25, 0.3) is 22.2 Å². The van der Waals surface area contributed by atoms with E-state index in [0.29, 0.717) is 11.0 Å². The van der Waals surface area contributed by atoms with Gasteiger partial charge in [0.15, 0.2) is 23.6 Å². The van der Waals surface area contributed by atoms with Crippen LogP contribution in [-0.4, -0.2) is 91.9 Å². The summed E-state index contributed by atoms with van der Waals surface area (Å²) in [6.45, 7) is -8.76. The Morgan fingerprint density at radius 2 is 1.82 bits per heavy atom. The first-order valence-electron chi connectivity index (χ1n) is 12.8.